The fraction of sp³-hybridized carbons (Fsp3) is 0.105. The molecule has 0 aliphatic heterocycles. The molecule has 0 aliphatic carbocycles. The van der Waals surface area contributed by atoms with Crippen LogP contribution < -0.4 is 15.9 Å². The summed E-state index contributed by atoms with van der Waals surface area (Å²) in [5, 5.41) is 9.27. The third kappa shape index (κ3) is 3.87. The first-order chi connectivity index (χ1) is 13.1. The molecular weight excluding hydrogens is 379 g/mol. The Bertz CT molecular complexity index is 1090. The predicted molar refractivity (Wildman–Crippen MR) is 115 cm³/mol. The predicted octanol–water partition coefficient (Wildman–Crippen LogP) is 4.86. The van der Waals surface area contributed by atoms with Crippen LogP contribution in [0.2, 0.25) is 5.02 Å². The first-order valence-corrected chi connectivity index (χ1v) is 11.0. The minimum absolute atomic E-state index is 0.258. The van der Waals surface area contributed by atoms with Gasteiger partial charge in [-0.1, -0.05) is 37.7 Å². The zero-order chi connectivity index (χ0) is 18.8. The van der Waals surface area contributed by atoms with Gasteiger partial charge in [-0.05, 0) is 36.8 Å². The number of nitrogens with zero attached hydrogens (tertiary/aromatic N) is 3. The third-order valence-electron chi connectivity index (χ3n) is 4.04. The van der Waals surface area contributed by atoms with Crippen LogP contribution >= 0.6 is 19.5 Å². The standard InChI is InChI=1S/C19H18ClN6P/c1-27(2)16-6-4-3-5-15(16)25-18-14(20)11-23-19(26-18)24-13-9-12-7-8-21-17(12)22-10-13/h3-11H,1-2H3,(H,21,22)(H2,23,24,25,26). The van der Waals surface area contributed by atoms with Crippen molar-refractivity contribution >= 4 is 59.0 Å². The van der Waals surface area contributed by atoms with E-state index in [1.54, 1.807) is 12.4 Å². The normalized spacial score (nSPS) is 11.1. The van der Waals surface area contributed by atoms with E-state index in [0.29, 0.717) is 16.8 Å². The molecule has 0 bridgehead atoms. The number of nitrogens with one attached hydrogen (secondary N) is 3. The summed E-state index contributed by atoms with van der Waals surface area (Å²) in [6, 6.07) is 12.2. The van der Waals surface area contributed by atoms with Crippen LogP contribution in [0.3, 0.4) is 0 Å². The molecule has 0 saturated heterocycles. The molecule has 136 valence electrons. The molecule has 4 aromatic rings. The van der Waals surface area contributed by atoms with Gasteiger partial charge in [-0.15, -0.1) is 0 Å². The number of aromatic nitrogens is 4. The van der Waals surface area contributed by atoms with E-state index in [4.69, 9.17) is 11.6 Å². The summed E-state index contributed by atoms with van der Waals surface area (Å²) in [5.74, 6) is 1.01. The summed E-state index contributed by atoms with van der Waals surface area (Å²) in [6.45, 7) is 4.43. The largest absolute Gasteiger partial charge is 0.346 e. The van der Waals surface area contributed by atoms with Gasteiger partial charge in [0.05, 0.1) is 18.1 Å². The number of rotatable bonds is 5. The van der Waals surface area contributed by atoms with E-state index in [-0.39, 0.29) is 7.92 Å². The lowest BCUT2D eigenvalue weighted by Gasteiger charge is -2.15. The van der Waals surface area contributed by atoms with Crippen molar-refractivity contribution in [1.82, 2.24) is 19.9 Å². The average Bonchev–Trinajstić information content (AvgIpc) is 3.12. The molecule has 0 unspecified atom stereocenters. The van der Waals surface area contributed by atoms with E-state index in [1.165, 1.54) is 5.30 Å². The molecule has 0 atom stereocenters. The highest BCUT2D eigenvalue weighted by Crippen LogP contribution is 2.31. The Hall–Kier alpha value is -2.69. The van der Waals surface area contributed by atoms with Crippen LogP contribution in [0, 0.1) is 0 Å². The number of H-pyrrole nitrogens is 1. The second kappa shape index (κ2) is 7.51. The molecule has 3 heterocycles. The Morgan fingerprint density at radius 2 is 1.89 bits per heavy atom. The van der Waals surface area contributed by atoms with Gasteiger partial charge in [0.25, 0.3) is 0 Å². The van der Waals surface area contributed by atoms with Crippen LogP contribution in [-0.4, -0.2) is 33.3 Å². The minimum Gasteiger partial charge on any atom is -0.346 e. The van der Waals surface area contributed by atoms with Gasteiger partial charge in [0.1, 0.15) is 10.7 Å². The summed E-state index contributed by atoms with van der Waals surface area (Å²) >= 11 is 6.32. The average molecular weight is 397 g/mol. The van der Waals surface area contributed by atoms with Crippen molar-refractivity contribution in [2.45, 2.75) is 0 Å². The van der Waals surface area contributed by atoms with E-state index >= 15 is 0 Å². The van der Waals surface area contributed by atoms with Gasteiger partial charge in [-0.3, -0.25) is 0 Å². The lowest BCUT2D eigenvalue weighted by atomic mass is 10.3. The van der Waals surface area contributed by atoms with Crippen LogP contribution in [0.15, 0.2) is 55.0 Å². The quantitative estimate of drug-likeness (QED) is 0.420. The van der Waals surface area contributed by atoms with Gasteiger partial charge in [0.15, 0.2) is 5.82 Å². The Morgan fingerprint density at radius 1 is 1.04 bits per heavy atom. The molecular formula is C19H18ClN6P. The minimum atomic E-state index is -0.258. The molecule has 4 rings (SSSR count). The van der Waals surface area contributed by atoms with Crippen LogP contribution in [-0.2, 0) is 0 Å². The summed E-state index contributed by atoms with van der Waals surface area (Å²) in [4.78, 5) is 16.2. The number of hydrogen-bond donors (Lipinski definition) is 3. The summed E-state index contributed by atoms with van der Waals surface area (Å²) in [5.41, 5.74) is 2.66. The highest BCUT2D eigenvalue weighted by Gasteiger charge is 2.11. The lowest BCUT2D eigenvalue weighted by molar-refractivity contribution is 1.16. The van der Waals surface area contributed by atoms with E-state index < -0.39 is 0 Å². The maximum atomic E-state index is 6.32. The van der Waals surface area contributed by atoms with Crippen molar-refractivity contribution in [3.63, 3.8) is 0 Å². The number of hydrogen-bond acceptors (Lipinski definition) is 5. The Kier molecular flexibility index (Phi) is 4.92. The first-order valence-electron chi connectivity index (χ1n) is 8.36. The van der Waals surface area contributed by atoms with Crippen molar-refractivity contribution in [2.24, 2.45) is 0 Å². The highest BCUT2D eigenvalue weighted by atomic mass is 35.5. The smallest absolute Gasteiger partial charge is 0.229 e. The lowest BCUT2D eigenvalue weighted by Crippen LogP contribution is -2.09. The van der Waals surface area contributed by atoms with Crippen molar-refractivity contribution in [2.75, 3.05) is 24.0 Å². The zero-order valence-electron chi connectivity index (χ0n) is 14.9. The van der Waals surface area contributed by atoms with Crippen LogP contribution in [0.1, 0.15) is 0 Å². The van der Waals surface area contributed by atoms with Crippen LogP contribution in [0.5, 0.6) is 0 Å². The molecule has 1 aromatic carbocycles. The number of para-hydroxylation sites is 1. The van der Waals surface area contributed by atoms with E-state index in [2.05, 4.69) is 50.0 Å². The van der Waals surface area contributed by atoms with E-state index in [1.807, 2.05) is 36.5 Å². The Morgan fingerprint density at radius 3 is 2.74 bits per heavy atom. The summed E-state index contributed by atoms with van der Waals surface area (Å²) in [6.07, 6.45) is 5.18. The van der Waals surface area contributed by atoms with Crippen molar-refractivity contribution < 1.29 is 0 Å². The molecule has 27 heavy (non-hydrogen) atoms. The molecule has 0 spiro atoms. The fourth-order valence-electron chi connectivity index (χ4n) is 2.75. The van der Waals surface area contributed by atoms with Gasteiger partial charge in [0.2, 0.25) is 5.95 Å². The van der Waals surface area contributed by atoms with Gasteiger partial charge < -0.3 is 15.6 Å². The number of halogens is 1. The molecule has 8 heteroatoms. The molecule has 6 nitrogen and oxygen atoms in total. The van der Waals surface area contributed by atoms with Crippen molar-refractivity contribution in [3.05, 3.63) is 60.0 Å². The van der Waals surface area contributed by atoms with Gasteiger partial charge in [-0.2, -0.15) is 4.98 Å². The Labute approximate surface area is 163 Å². The zero-order valence-corrected chi connectivity index (χ0v) is 16.5. The second-order valence-corrected chi connectivity index (χ2v) is 8.87. The molecule has 0 radical (unpaired) electrons. The maximum Gasteiger partial charge on any atom is 0.229 e. The van der Waals surface area contributed by atoms with Crippen molar-refractivity contribution in [3.8, 4) is 0 Å². The van der Waals surface area contributed by atoms with Crippen LogP contribution in [0.4, 0.5) is 23.1 Å². The van der Waals surface area contributed by atoms with Crippen molar-refractivity contribution in [1.29, 1.82) is 0 Å². The second-order valence-electron chi connectivity index (χ2n) is 6.19. The molecule has 0 amide bonds. The third-order valence-corrected chi connectivity index (χ3v) is 5.67. The molecule has 0 saturated carbocycles. The maximum absolute atomic E-state index is 6.32. The van der Waals surface area contributed by atoms with E-state index in [0.717, 1.165) is 22.4 Å². The fourth-order valence-corrected chi connectivity index (χ4v) is 3.88. The number of fused-ring (bicyclic) bond motifs is 1. The topological polar surface area (TPSA) is 78.5 Å². The van der Waals surface area contributed by atoms with Gasteiger partial charge in [-0.25, -0.2) is 9.97 Å². The first kappa shape index (κ1) is 17.7. The molecule has 0 aliphatic rings. The number of anilines is 4. The van der Waals surface area contributed by atoms with Gasteiger partial charge >= 0.3 is 0 Å². The molecule has 0 fully saturated rings. The summed E-state index contributed by atoms with van der Waals surface area (Å²) in [7, 11) is -0.258. The van der Waals surface area contributed by atoms with Crippen LogP contribution in [0.25, 0.3) is 11.0 Å². The van der Waals surface area contributed by atoms with E-state index in [9.17, 15) is 0 Å². The SMILES string of the molecule is CP(C)c1ccccc1Nc1nc(Nc2cnc3[nH]ccc3c2)ncc1Cl. The Balaban J connectivity index is 1.61. The van der Waals surface area contributed by atoms with Gasteiger partial charge in [0, 0.05) is 17.3 Å². The molecule has 3 N–H and O–H groups in total. The number of benzene rings is 1. The highest BCUT2D eigenvalue weighted by molar-refractivity contribution is 7.64. The number of pyridine rings is 1. The monoisotopic (exact) mass is 396 g/mol. The molecule has 3 aromatic heterocycles. The number of aromatic amines is 1. The summed E-state index contributed by atoms with van der Waals surface area (Å²) < 4.78 is 0.